The lowest BCUT2D eigenvalue weighted by atomic mass is 9.94. The maximum Gasteiger partial charge on any atom is 0.0628 e. The second-order valence-corrected chi connectivity index (χ2v) is 5.88. The predicted molar refractivity (Wildman–Crippen MR) is 83.7 cm³/mol. The van der Waals surface area contributed by atoms with Crippen LogP contribution in [0.15, 0.2) is 36.5 Å². The Labute approximate surface area is 121 Å². The molecule has 0 amide bonds. The van der Waals surface area contributed by atoms with Gasteiger partial charge in [0.2, 0.25) is 0 Å². The van der Waals surface area contributed by atoms with Crippen LogP contribution in [0.4, 0.5) is 0 Å². The molecule has 1 heterocycles. The lowest BCUT2D eigenvalue weighted by Crippen LogP contribution is -2.20. The van der Waals surface area contributed by atoms with Crippen LogP contribution in [0.5, 0.6) is 0 Å². The molecule has 20 heavy (non-hydrogen) atoms. The minimum atomic E-state index is 0.414. The van der Waals surface area contributed by atoms with Gasteiger partial charge in [-0.05, 0) is 57.7 Å². The Bertz CT molecular complexity index is 543. The van der Waals surface area contributed by atoms with Crippen LogP contribution in [0.25, 0.3) is 0 Å². The summed E-state index contributed by atoms with van der Waals surface area (Å²) in [5.41, 5.74) is 9.75. The normalized spacial score (nSPS) is 12.8. The van der Waals surface area contributed by atoms with Gasteiger partial charge in [-0.3, -0.25) is 4.68 Å². The van der Waals surface area contributed by atoms with Crippen molar-refractivity contribution in [3.63, 3.8) is 0 Å². The average molecular weight is 271 g/mol. The van der Waals surface area contributed by atoms with Crippen LogP contribution in [-0.2, 0) is 12.8 Å². The number of rotatable bonds is 6. The minimum Gasteiger partial charge on any atom is -0.330 e. The summed E-state index contributed by atoms with van der Waals surface area (Å²) in [5, 5.41) is 4.62. The standard InChI is InChI=1S/C17H25N3/c1-13(2)20-8-7-17(19-20)11-16(12-18)10-15-6-4-5-14(3)9-15/h4-9,13,16H,10-12,18H2,1-3H3. The molecule has 1 atom stereocenters. The molecule has 0 aliphatic carbocycles. The van der Waals surface area contributed by atoms with Crippen molar-refractivity contribution >= 4 is 0 Å². The highest BCUT2D eigenvalue weighted by Gasteiger charge is 2.12. The molecule has 0 fully saturated rings. The average Bonchev–Trinajstić information content (AvgIpc) is 2.87. The second-order valence-electron chi connectivity index (χ2n) is 5.88. The van der Waals surface area contributed by atoms with E-state index >= 15 is 0 Å². The highest BCUT2D eigenvalue weighted by molar-refractivity contribution is 5.22. The van der Waals surface area contributed by atoms with Crippen LogP contribution in [0, 0.1) is 12.8 Å². The van der Waals surface area contributed by atoms with Crippen molar-refractivity contribution in [3.8, 4) is 0 Å². The SMILES string of the molecule is Cc1cccc(CC(CN)Cc2ccn(C(C)C)n2)c1. The zero-order valence-electron chi connectivity index (χ0n) is 12.7. The van der Waals surface area contributed by atoms with Crippen LogP contribution < -0.4 is 5.73 Å². The van der Waals surface area contributed by atoms with Gasteiger partial charge >= 0.3 is 0 Å². The van der Waals surface area contributed by atoms with E-state index in [2.05, 4.69) is 62.4 Å². The summed E-state index contributed by atoms with van der Waals surface area (Å²) in [6, 6.07) is 11.2. The molecule has 1 aromatic carbocycles. The molecule has 1 unspecified atom stereocenters. The molecule has 2 N–H and O–H groups in total. The number of hydrogen-bond acceptors (Lipinski definition) is 2. The van der Waals surface area contributed by atoms with E-state index in [0.29, 0.717) is 18.5 Å². The van der Waals surface area contributed by atoms with Crippen molar-refractivity contribution in [2.24, 2.45) is 11.7 Å². The van der Waals surface area contributed by atoms with Gasteiger partial charge in [-0.15, -0.1) is 0 Å². The second kappa shape index (κ2) is 6.71. The molecular weight excluding hydrogens is 246 g/mol. The number of hydrogen-bond donors (Lipinski definition) is 1. The molecule has 0 aliphatic rings. The number of nitrogens with two attached hydrogens (primary N) is 1. The summed E-state index contributed by atoms with van der Waals surface area (Å²) in [6.45, 7) is 7.11. The van der Waals surface area contributed by atoms with E-state index in [1.165, 1.54) is 11.1 Å². The summed E-state index contributed by atoms with van der Waals surface area (Å²) in [4.78, 5) is 0. The first-order valence-electron chi connectivity index (χ1n) is 7.38. The van der Waals surface area contributed by atoms with E-state index < -0.39 is 0 Å². The molecule has 0 bridgehead atoms. The third-order valence-electron chi connectivity index (χ3n) is 3.63. The van der Waals surface area contributed by atoms with Crippen LogP contribution in [0.3, 0.4) is 0 Å². The van der Waals surface area contributed by atoms with Gasteiger partial charge in [0.05, 0.1) is 5.69 Å². The monoisotopic (exact) mass is 271 g/mol. The van der Waals surface area contributed by atoms with Crippen molar-refractivity contribution in [2.45, 2.75) is 39.7 Å². The lowest BCUT2D eigenvalue weighted by molar-refractivity contribution is 0.497. The third-order valence-corrected chi connectivity index (χ3v) is 3.63. The molecule has 108 valence electrons. The van der Waals surface area contributed by atoms with Crippen LogP contribution in [0.1, 0.15) is 36.7 Å². The fraction of sp³-hybridized carbons (Fsp3) is 0.471. The van der Waals surface area contributed by atoms with E-state index in [-0.39, 0.29) is 0 Å². The fourth-order valence-electron chi connectivity index (χ4n) is 2.48. The molecule has 3 heteroatoms. The van der Waals surface area contributed by atoms with Crippen molar-refractivity contribution in [1.82, 2.24) is 9.78 Å². The molecule has 2 rings (SSSR count). The summed E-state index contributed by atoms with van der Waals surface area (Å²) >= 11 is 0. The molecule has 0 radical (unpaired) electrons. The topological polar surface area (TPSA) is 43.8 Å². The van der Waals surface area contributed by atoms with Gasteiger partial charge in [0, 0.05) is 12.2 Å². The van der Waals surface area contributed by atoms with Gasteiger partial charge in [-0.25, -0.2) is 0 Å². The quantitative estimate of drug-likeness (QED) is 0.877. The Kier molecular flexibility index (Phi) is 4.96. The van der Waals surface area contributed by atoms with Gasteiger partial charge in [-0.1, -0.05) is 29.8 Å². The van der Waals surface area contributed by atoms with Gasteiger partial charge in [0.15, 0.2) is 0 Å². The zero-order valence-corrected chi connectivity index (χ0v) is 12.7. The lowest BCUT2D eigenvalue weighted by Gasteiger charge is -2.14. The summed E-state index contributed by atoms with van der Waals surface area (Å²) in [5.74, 6) is 0.451. The first kappa shape index (κ1) is 14.8. The first-order valence-corrected chi connectivity index (χ1v) is 7.38. The Morgan fingerprint density at radius 1 is 1.20 bits per heavy atom. The number of nitrogens with zero attached hydrogens (tertiary/aromatic N) is 2. The number of benzene rings is 1. The van der Waals surface area contributed by atoms with E-state index in [9.17, 15) is 0 Å². The molecule has 3 nitrogen and oxygen atoms in total. The van der Waals surface area contributed by atoms with Crippen LogP contribution in [-0.4, -0.2) is 16.3 Å². The van der Waals surface area contributed by atoms with Gasteiger partial charge < -0.3 is 5.73 Å². The highest BCUT2D eigenvalue weighted by atomic mass is 15.3. The summed E-state index contributed by atoms with van der Waals surface area (Å²) in [7, 11) is 0. The van der Waals surface area contributed by atoms with Gasteiger partial charge in [-0.2, -0.15) is 5.10 Å². The number of aryl methyl sites for hydroxylation is 1. The predicted octanol–water partition coefficient (Wildman–Crippen LogP) is 3.13. The summed E-state index contributed by atoms with van der Waals surface area (Å²) < 4.78 is 2.01. The Morgan fingerprint density at radius 2 is 2.00 bits per heavy atom. The van der Waals surface area contributed by atoms with E-state index in [4.69, 9.17) is 5.73 Å². The van der Waals surface area contributed by atoms with Crippen LogP contribution in [0.2, 0.25) is 0 Å². The third kappa shape index (κ3) is 3.94. The van der Waals surface area contributed by atoms with E-state index in [0.717, 1.165) is 18.5 Å². The van der Waals surface area contributed by atoms with Crippen molar-refractivity contribution in [2.75, 3.05) is 6.54 Å². The zero-order chi connectivity index (χ0) is 14.5. The Hall–Kier alpha value is -1.61. The van der Waals surface area contributed by atoms with Gasteiger partial charge in [0.25, 0.3) is 0 Å². The maximum atomic E-state index is 5.94. The van der Waals surface area contributed by atoms with E-state index in [1.807, 2.05) is 4.68 Å². The minimum absolute atomic E-state index is 0.414. The maximum absolute atomic E-state index is 5.94. The highest BCUT2D eigenvalue weighted by Crippen LogP contribution is 2.15. The first-order chi connectivity index (χ1) is 9.58. The Morgan fingerprint density at radius 3 is 2.60 bits per heavy atom. The molecular formula is C17H25N3. The molecule has 0 aliphatic heterocycles. The van der Waals surface area contributed by atoms with Crippen molar-refractivity contribution in [3.05, 3.63) is 53.3 Å². The smallest absolute Gasteiger partial charge is 0.0628 e. The van der Waals surface area contributed by atoms with Crippen LogP contribution >= 0.6 is 0 Å². The molecule has 1 aromatic heterocycles. The Balaban J connectivity index is 2.01. The van der Waals surface area contributed by atoms with Crippen molar-refractivity contribution < 1.29 is 0 Å². The number of aromatic nitrogens is 2. The summed E-state index contributed by atoms with van der Waals surface area (Å²) in [6.07, 6.45) is 4.02. The molecule has 0 saturated carbocycles. The van der Waals surface area contributed by atoms with E-state index in [1.54, 1.807) is 0 Å². The molecule has 0 spiro atoms. The van der Waals surface area contributed by atoms with Crippen molar-refractivity contribution in [1.29, 1.82) is 0 Å². The van der Waals surface area contributed by atoms with Gasteiger partial charge in [0.1, 0.15) is 0 Å². The fourth-order valence-corrected chi connectivity index (χ4v) is 2.48. The largest absolute Gasteiger partial charge is 0.330 e. The molecule has 2 aromatic rings. The molecule has 0 saturated heterocycles.